The highest BCUT2D eigenvalue weighted by atomic mass is 16.5. The topological polar surface area (TPSA) is 68.3 Å². The Bertz CT molecular complexity index is 1270. The maximum atomic E-state index is 12.5. The summed E-state index contributed by atoms with van der Waals surface area (Å²) < 4.78 is 5.41. The summed E-state index contributed by atoms with van der Waals surface area (Å²) in [5, 5.41) is 3.85. The average Bonchev–Trinajstić information content (AvgIpc) is 3.13. The lowest BCUT2D eigenvalue weighted by molar-refractivity contribution is -0.116. The molecule has 5 heteroatoms. The minimum absolute atomic E-state index is 0.0625. The Balaban J connectivity index is 1.37. The van der Waals surface area contributed by atoms with Crippen molar-refractivity contribution in [1.82, 2.24) is 4.98 Å². The molecular formula is C25H18N2O3. The van der Waals surface area contributed by atoms with Crippen molar-refractivity contribution in [3.05, 3.63) is 107 Å². The second kappa shape index (κ2) is 7.44. The summed E-state index contributed by atoms with van der Waals surface area (Å²) in [5.74, 6) is -0.820. The predicted octanol–water partition coefficient (Wildman–Crippen LogP) is 4.68. The van der Waals surface area contributed by atoms with Crippen LogP contribution in [0, 0.1) is 0 Å². The number of amides is 1. The van der Waals surface area contributed by atoms with Crippen molar-refractivity contribution in [3.63, 3.8) is 0 Å². The first-order valence-electron chi connectivity index (χ1n) is 9.70. The number of ether oxygens (including phenoxy) is 1. The molecule has 1 aliphatic rings. The van der Waals surface area contributed by atoms with E-state index in [0.717, 1.165) is 27.7 Å². The minimum atomic E-state index is -0.405. The van der Waals surface area contributed by atoms with Gasteiger partial charge in [0.25, 0.3) is 0 Å². The van der Waals surface area contributed by atoms with Crippen LogP contribution >= 0.6 is 0 Å². The molecule has 0 aliphatic carbocycles. The molecule has 1 N–H and O–H groups in total. The number of hydrogen-bond acceptors (Lipinski definition) is 4. The molecule has 0 saturated carbocycles. The van der Waals surface area contributed by atoms with Crippen LogP contribution in [0.1, 0.15) is 33.1 Å². The molecule has 0 spiro atoms. The summed E-state index contributed by atoms with van der Waals surface area (Å²) in [7, 11) is 0. The van der Waals surface area contributed by atoms with E-state index in [1.165, 1.54) is 0 Å². The molecule has 4 aromatic rings. The Kier molecular flexibility index (Phi) is 4.48. The van der Waals surface area contributed by atoms with Crippen LogP contribution in [-0.2, 0) is 16.1 Å². The van der Waals surface area contributed by atoms with Gasteiger partial charge in [0.2, 0.25) is 5.91 Å². The first kappa shape index (κ1) is 18.1. The van der Waals surface area contributed by atoms with Gasteiger partial charge in [0.1, 0.15) is 12.5 Å². The third-order valence-corrected chi connectivity index (χ3v) is 5.24. The zero-order chi connectivity index (χ0) is 20.5. The number of nitrogens with zero attached hydrogens (tertiary/aromatic N) is 1. The fourth-order valence-corrected chi connectivity index (χ4v) is 3.75. The van der Waals surface area contributed by atoms with E-state index in [4.69, 9.17) is 9.72 Å². The maximum absolute atomic E-state index is 12.5. The molecule has 1 aliphatic heterocycles. The number of para-hydroxylation sites is 1. The molecule has 1 unspecified atom stereocenters. The quantitative estimate of drug-likeness (QED) is 0.511. The number of hydrogen-bond donors (Lipinski definition) is 1. The summed E-state index contributed by atoms with van der Waals surface area (Å²) >= 11 is 0. The van der Waals surface area contributed by atoms with Crippen molar-refractivity contribution in [3.8, 4) is 0 Å². The number of rotatable bonds is 4. The van der Waals surface area contributed by atoms with Gasteiger partial charge in [-0.05, 0) is 47.5 Å². The highest BCUT2D eigenvalue weighted by molar-refractivity contribution is 6.05. The first-order chi connectivity index (χ1) is 14.7. The Morgan fingerprint density at radius 1 is 0.933 bits per heavy atom. The van der Waals surface area contributed by atoms with Crippen LogP contribution in [0.4, 0.5) is 5.69 Å². The number of aromatic nitrogens is 1. The number of anilines is 1. The second-order valence-corrected chi connectivity index (χ2v) is 7.21. The number of benzene rings is 3. The smallest absolute Gasteiger partial charge is 0.338 e. The van der Waals surface area contributed by atoms with Crippen molar-refractivity contribution in [1.29, 1.82) is 0 Å². The van der Waals surface area contributed by atoms with Gasteiger partial charge in [-0.25, -0.2) is 4.79 Å². The molecule has 0 saturated heterocycles. The molecule has 30 heavy (non-hydrogen) atoms. The highest BCUT2D eigenvalue weighted by Crippen LogP contribution is 2.36. The van der Waals surface area contributed by atoms with Gasteiger partial charge in [-0.1, -0.05) is 48.5 Å². The zero-order valence-electron chi connectivity index (χ0n) is 16.0. The summed E-state index contributed by atoms with van der Waals surface area (Å²) in [4.78, 5) is 29.3. The molecule has 0 bridgehead atoms. The van der Waals surface area contributed by atoms with Crippen LogP contribution in [0.15, 0.2) is 84.9 Å². The minimum Gasteiger partial charge on any atom is -0.457 e. The lowest BCUT2D eigenvalue weighted by Gasteiger charge is -2.10. The number of pyridine rings is 1. The predicted molar refractivity (Wildman–Crippen MR) is 114 cm³/mol. The maximum Gasteiger partial charge on any atom is 0.338 e. The molecule has 5 nitrogen and oxygen atoms in total. The van der Waals surface area contributed by atoms with Gasteiger partial charge in [0.05, 0.1) is 16.8 Å². The monoisotopic (exact) mass is 394 g/mol. The SMILES string of the molecule is O=C(OCc1ccc2nc(C3C(=O)Nc4ccccc43)ccc2c1)c1ccccc1. The summed E-state index contributed by atoms with van der Waals surface area (Å²) in [6.45, 7) is 0.184. The lowest BCUT2D eigenvalue weighted by atomic mass is 9.96. The van der Waals surface area contributed by atoms with Crippen molar-refractivity contribution in [2.75, 3.05) is 5.32 Å². The van der Waals surface area contributed by atoms with Gasteiger partial charge in [-0.2, -0.15) is 0 Å². The van der Waals surface area contributed by atoms with E-state index >= 15 is 0 Å². The molecule has 1 aromatic heterocycles. The third kappa shape index (κ3) is 3.31. The normalized spacial score (nSPS) is 14.9. The molecule has 1 atom stereocenters. The summed E-state index contributed by atoms with van der Waals surface area (Å²) in [6.07, 6.45) is 0. The molecule has 146 valence electrons. The highest BCUT2D eigenvalue weighted by Gasteiger charge is 2.32. The number of fused-ring (bicyclic) bond motifs is 2. The first-order valence-corrected chi connectivity index (χ1v) is 9.70. The van der Waals surface area contributed by atoms with Gasteiger partial charge >= 0.3 is 5.97 Å². The fourth-order valence-electron chi connectivity index (χ4n) is 3.75. The van der Waals surface area contributed by atoms with Gasteiger partial charge in [0.15, 0.2) is 0 Å². The molecule has 2 heterocycles. The average molecular weight is 394 g/mol. The van der Waals surface area contributed by atoms with Crippen molar-refractivity contribution < 1.29 is 14.3 Å². The van der Waals surface area contributed by atoms with Crippen LogP contribution in [0.5, 0.6) is 0 Å². The van der Waals surface area contributed by atoms with E-state index in [-0.39, 0.29) is 18.5 Å². The van der Waals surface area contributed by atoms with E-state index < -0.39 is 5.92 Å². The van der Waals surface area contributed by atoms with E-state index in [1.54, 1.807) is 24.3 Å². The van der Waals surface area contributed by atoms with E-state index in [9.17, 15) is 9.59 Å². The van der Waals surface area contributed by atoms with E-state index in [1.807, 2.05) is 60.7 Å². The molecule has 5 rings (SSSR count). The Hall–Kier alpha value is -3.99. The molecule has 0 fully saturated rings. The molecule has 3 aromatic carbocycles. The number of nitrogens with one attached hydrogen (secondary N) is 1. The van der Waals surface area contributed by atoms with E-state index in [2.05, 4.69) is 5.32 Å². The van der Waals surface area contributed by atoms with Crippen LogP contribution in [-0.4, -0.2) is 16.9 Å². The van der Waals surface area contributed by atoms with Crippen LogP contribution in [0.25, 0.3) is 10.9 Å². The summed E-state index contributed by atoms with van der Waals surface area (Å²) in [6, 6.07) is 26.2. The molecule has 1 amide bonds. The number of esters is 1. The third-order valence-electron chi connectivity index (χ3n) is 5.24. The Morgan fingerprint density at radius 3 is 2.60 bits per heavy atom. The van der Waals surface area contributed by atoms with Crippen LogP contribution in [0.3, 0.4) is 0 Å². The van der Waals surface area contributed by atoms with Gasteiger partial charge in [0, 0.05) is 11.1 Å². The largest absolute Gasteiger partial charge is 0.457 e. The second-order valence-electron chi connectivity index (χ2n) is 7.21. The zero-order valence-corrected chi connectivity index (χ0v) is 16.0. The van der Waals surface area contributed by atoms with Crippen molar-refractivity contribution in [2.45, 2.75) is 12.5 Å². The fraction of sp³-hybridized carbons (Fsp3) is 0.0800. The molecular weight excluding hydrogens is 376 g/mol. The van der Waals surface area contributed by atoms with Crippen LogP contribution < -0.4 is 5.32 Å². The summed E-state index contributed by atoms with van der Waals surface area (Å²) in [5.41, 5.74) is 4.70. The lowest BCUT2D eigenvalue weighted by Crippen LogP contribution is -2.14. The Morgan fingerprint density at radius 2 is 1.73 bits per heavy atom. The Labute approximate surface area is 173 Å². The van der Waals surface area contributed by atoms with Gasteiger partial charge in [-0.3, -0.25) is 9.78 Å². The number of carbonyl (C=O) groups excluding carboxylic acids is 2. The molecule has 0 radical (unpaired) electrons. The van der Waals surface area contributed by atoms with Crippen molar-refractivity contribution >= 4 is 28.5 Å². The standard InChI is InChI=1S/C25H18N2O3/c28-24-23(19-8-4-5-9-21(19)27-24)22-13-11-18-14-16(10-12-20(18)26-22)15-30-25(29)17-6-2-1-3-7-17/h1-14,23H,15H2,(H,27,28). The van der Waals surface area contributed by atoms with Crippen LogP contribution in [0.2, 0.25) is 0 Å². The van der Waals surface area contributed by atoms with E-state index in [0.29, 0.717) is 11.3 Å². The number of carbonyl (C=O) groups is 2. The van der Waals surface area contributed by atoms with Gasteiger partial charge < -0.3 is 10.1 Å². The van der Waals surface area contributed by atoms with Gasteiger partial charge in [-0.15, -0.1) is 0 Å². The van der Waals surface area contributed by atoms with Crippen molar-refractivity contribution in [2.24, 2.45) is 0 Å².